The first kappa shape index (κ1) is 23.6. The fourth-order valence-electron chi connectivity index (χ4n) is 2.45. The molecule has 2 heterocycles. The van der Waals surface area contributed by atoms with Crippen molar-refractivity contribution in [1.82, 2.24) is 14.5 Å². The smallest absolute Gasteiger partial charge is 0.306 e. The Morgan fingerprint density at radius 3 is 2.52 bits per heavy atom. The summed E-state index contributed by atoms with van der Waals surface area (Å²) in [6, 6.07) is 1.56. The predicted molar refractivity (Wildman–Crippen MR) is 104 cm³/mol. The molecule has 0 unspecified atom stereocenters. The minimum absolute atomic E-state index is 0.0142. The standard InChI is InChI=1S/C17H23N5O9/c18-13-9-12-16(17(25)20-13)19-10-21(12)11-28-7-8-30-15(24)4-3-14(23)29-5-1-2-6-31-22(26)27/h9-10H,1-8,11H2,(H3,18,20,25). The third-order valence-electron chi connectivity index (χ3n) is 3.90. The highest BCUT2D eigenvalue weighted by molar-refractivity contribution is 5.77. The van der Waals surface area contributed by atoms with Crippen molar-refractivity contribution in [2.45, 2.75) is 32.4 Å². The number of H-pyrrole nitrogens is 1. The van der Waals surface area contributed by atoms with Gasteiger partial charge in [-0.05, 0) is 12.8 Å². The average molecular weight is 441 g/mol. The number of nitrogens with zero attached hydrogens (tertiary/aromatic N) is 3. The normalized spacial score (nSPS) is 10.7. The molecule has 0 aliphatic carbocycles. The number of ether oxygens (including phenoxy) is 3. The summed E-state index contributed by atoms with van der Waals surface area (Å²) in [4.78, 5) is 55.4. The Morgan fingerprint density at radius 1 is 1.13 bits per heavy atom. The van der Waals surface area contributed by atoms with Gasteiger partial charge in [-0.2, -0.15) is 0 Å². The van der Waals surface area contributed by atoms with E-state index in [1.807, 2.05) is 0 Å². The molecular weight excluding hydrogens is 418 g/mol. The van der Waals surface area contributed by atoms with Gasteiger partial charge in [0.25, 0.3) is 10.6 Å². The molecule has 14 nitrogen and oxygen atoms in total. The molecule has 3 N–H and O–H groups in total. The lowest BCUT2D eigenvalue weighted by atomic mass is 10.3. The number of nitrogen functional groups attached to an aromatic ring is 1. The van der Waals surface area contributed by atoms with Crippen molar-refractivity contribution in [3.63, 3.8) is 0 Å². The topological polar surface area (TPSA) is 191 Å². The molecule has 0 saturated carbocycles. The highest BCUT2D eigenvalue weighted by atomic mass is 16.9. The van der Waals surface area contributed by atoms with Gasteiger partial charge >= 0.3 is 11.9 Å². The van der Waals surface area contributed by atoms with Crippen LogP contribution in [0.1, 0.15) is 25.7 Å². The second-order valence-electron chi connectivity index (χ2n) is 6.24. The zero-order chi connectivity index (χ0) is 22.6. The molecule has 0 atom stereocenters. The van der Waals surface area contributed by atoms with Crippen LogP contribution in [0.4, 0.5) is 5.82 Å². The molecule has 14 heteroatoms. The summed E-state index contributed by atoms with van der Waals surface area (Å²) in [6.45, 7) is 0.183. The molecule has 0 aliphatic heterocycles. The molecule has 0 bridgehead atoms. The first-order valence-electron chi connectivity index (χ1n) is 9.36. The van der Waals surface area contributed by atoms with E-state index >= 15 is 0 Å². The quantitative estimate of drug-likeness (QED) is 0.175. The van der Waals surface area contributed by atoms with E-state index < -0.39 is 22.6 Å². The number of aromatic amines is 1. The Morgan fingerprint density at radius 2 is 1.81 bits per heavy atom. The van der Waals surface area contributed by atoms with Crippen LogP contribution in [0.2, 0.25) is 0 Å². The molecule has 0 amide bonds. The second kappa shape index (κ2) is 12.1. The number of anilines is 1. The molecule has 0 aliphatic rings. The van der Waals surface area contributed by atoms with Crippen LogP contribution >= 0.6 is 0 Å². The van der Waals surface area contributed by atoms with Crippen LogP contribution in [0.5, 0.6) is 0 Å². The van der Waals surface area contributed by atoms with Crippen LogP contribution < -0.4 is 11.3 Å². The minimum atomic E-state index is -0.888. The van der Waals surface area contributed by atoms with Gasteiger partial charge in [0.1, 0.15) is 19.2 Å². The van der Waals surface area contributed by atoms with Crippen LogP contribution in [-0.4, -0.2) is 58.0 Å². The number of hydrogen-bond acceptors (Lipinski definition) is 11. The van der Waals surface area contributed by atoms with Crippen LogP contribution in [0, 0.1) is 10.1 Å². The maximum atomic E-state index is 11.7. The second-order valence-corrected chi connectivity index (χ2v) is 6.24. The van der Waals surface area contributed by atoms with Gasteiger partial charge in [-0.3, -0.25) is 14.4 Å². The monoisotopic (exact) mass is 441 g/mol. The van der Waals surface area contributed by atoms with Crippen molar-refractivity contribution in [3.8, 4) is 0 Å². The third kappa shape index (κ3) is 8.30. The van der Waals surface area contributed by atoms with E-state index in [2.05, 4.69) is 14.8 Å². The summed E-state index contributed by atoms with van der Waals surface area (Å²) in [5.74, 6) is -0.937. The molecule has 0 radical (unpaired) electrons. The van der Waals surface area contributed by atoms with Crippen molar-refractivity contribution >= 4 is 28.8 Å². The lowest BCUT2D eigenvalue weighted by Crippen LogP contribution is -2.14. The zero-order valence-corrected chi connectivity index (χ0v) is 16.6. The van der Waals surface area contributed by atoms with Gasteiger partial charge in [-0.15, -0.1) is 10.1 Å². The number of carbonyl (C=O) groups is 2. The maximum absolute atomic E-state index is 11.7. The average Bonchev–Trinajstić information content (AvgIpc) is 3.11. The number of unbranched alkanes of at least 4 members (excludes halogenated alkanes) is 1. The summed E-state index contributed by atoms with van der Waals surface area (Å²) in [5, 5.41) is 9.06. The van der Waals surface area contributed by atoms with Gasteiger partial charge in [0.05, 0.1) is 44.5 Å². The van der Waals surface area contributed by atoms with Crippen molar-refractivity contribution in [3.05, 3.63) is 32.9 Å². The van der Waals surface area contributed by atoms with E-state index in [1.54, 1.807) is 10.6 Å². The fourth-order valence-corrected chi connectivity index (χ4v) is 2.45. The highest BCUT2D eigenvalue weighted by Gasteiger charge is 2.10. The third-order valence-corrected chi connectivity index (χ3v) is 3.90. The molecule has 2 aromatic rings. The SMILES string of the molecule is Nc1cc2c(ncn2COCCOC(=O)CCC(=O)OCCCCO[N+](=O)[O-])c(=O)[nH]1. The Hall–Kier alpha value is -3.68. The molecule has 2 rings (SSSR count). The van der Waals surface area contributed by atoms with Gasteiger partial charge in [0, 0.05) is 6.07 Å². The molecule has 0 fully saturated rings. The number of hydrogen-bond donors (Lipinski definition) is 2. The largest absolute Gasteiger partial charge is 0.466 e. The number of nitrogens with one attached hydrogen (secondary N) is 1. The van der Waals surface area contributed by atoms with Crippen molar-refractivity contribution in [2.24, 2.45) is 0 Å². The van der Waals surface area contributed by atoms with E-state index in [9.17, 15) is 24.5 Å². The van der Waals surface area contributed by atoms with Crippen molar-refractivity contribution in [1.29, 1.82) is 0 Å². The van der Waals surface area contributed by atoms with E-state index in [-0.39, 0.29) is 57.3 Å². The van der Waals surface area contributed by atoms with E-state index in [4.69, 9.17) is 19.9 Å². The lowest BCUT2D eigenvalue weighted by Gasteiger charge is -2.08. The van der Waals surface area contributed by atoms with Gasteiger partial charge in [-0.1, -0.05) is 0 Å². The molecule has 31 heavy (non-hydrogen) atoms. The van der Waals surface area contributed by atoms with Gasteiger partial charge in [0.15, 0.2) is 5.52 Å². The Balaban J connectivity index is 1.54. The number of fused-ring (bicyclic) bond motifs is 1. The Labute approximate surface area is 175 Å². The molecule has 2 aromatic heterocycles. The zero-order valence-electron chi connectivity index (χ0n) is 16.6. The number of imidazole rings is 1. The maximum Gasteiger partial charge on any atom is 0.306 e. The summed E-state index contributed by atoms with van der Waals surface area (Å²) in [7, 11) is 0. The number of esters is 2. The number of pyridine rings is 1. The van der Waals surface area contributed by atoms with E-state index in [0.29, 0.717) is 18.4 Å². The predicted octanol–water partition coefficient (Wildman–Crippen LogP) is 0.136. The summed E-state index contributed by atoms with van der Waals surface area (Å²) < 4.78 is 16.8. The van der Waals surface area contributed by atoms with Crippen molar-refractivity contribution < 1.29 is 33.7 Å². The molecule has 0 aromatic carbocycles. The van der Waals surface area contributed by atoms with Crippen LogP contribution in [0.3, 0.4) is 0 Å². The Bertz CT molecular complexity index is 955. The fraction of sp³-hybridized carbons (Fsp3) is 0.529. The van der Waals surface area contributed by atoms with Gasteiger partial charge in [-0.25, -0.2) is 4.98 Å². The van der Waals surface area contributed by atoms with Crippen LogP contribution in [-0.2, 0) is 35.4 Å². The number of aromatic nitrogens is 3. The summed E-state index contributed by atoms with van der Waals surface area (Å²) >= 11 is 0. The van der Waals surface area contributed by atoms with Crippen LogP contribution in [0.15, 0.2) is 17.2 Å². The lowest BCUT2D eigenvalue weighted by molar-refractivity contribution is -0.757. The molecule has 0 spiro atoms. The molecule has 170 valence electrons. The number of rotatable bonds is 14. The first-order chi connectivity index (χ1) is 14.9. The number of nitrogens with two attached hydrogens (primary N) is 1. The summed E-state index contributed by atoms with van der Waals surface area (Å²) in [5.41, 5.74) is 5.97. The molecule has 0 saturated heterocycles. The summed E-state index contributed by atoms with van der Waals surface area (Å²) in [6.07, 6.45) is 1.94. The van der Waals surface area contributed by atoms with E-state index in [0.717, 1.165) is 0 Å². The van der Waals surface area contributed by atoms with E-state index in [1.165, 1.54) is 6.33 Å². The highest BCUT2D eigenvalue weighted by Crippen LogP contribution is 2.10. The molecular formula is C17H23N5O9. The van der Waals surface area contributed by atoms with Gasteiger partial charge < -0.3 is 34.3 Å². The first-order valence-corrected chi connectivity index (χ1v) is 9.36. The minimum Gasteiger partial charge on any atom is -0.466 e. The number of carbonyl (C=O) groups excluding carboxylic acids is 2. The van der Waals surface area contributed by atoms with Gasteiger partial charge in [0.2, 0.25) is 0 Å². The van der Waals surface area contributed by atoms with Crippen molar-refractivity contribution in [2.75, 3.05) is 32.2 Å². The van der Waals surface area contributed by atoms with Crippen LogP contribution in [0.25, 0.3) is 11.0 Å². The Kier molecular flexibility index (Phi) is 9.22.